The molecule has 10 heteroatoms. The van der Waals surface area contributed by atoms with E-state index >= 15 is 0 Å². The van der Waals surface area contributed by atoms with Crippen molar-refractivity contribution in [2.24, 2.45) is 0 Å². The van der Waals surface area contributed by atoms with Crippen LogP contribution in [0.3, 0.4) is 0 Å². The van der Waals surface area contributed by atoms with Gasteiger partial charge in [0.2, 0.25) is 5.91 Å². The Bertz CT molecular complexity index is 1350. The highest BCUT2D eigenvalue weighted by Gasteiger charge is 2.18. The van der Waals surface area contributed by atoms with Crippen LogP contribution in [0.4, 0.5) is 10.1 Å². The number of nitrogens with zero attached hydrogens (tertiary/aromatic N) is 4. The maximum absolute atomic E-state index is 13.3. The molecule has 3 heterocycles. The minimum atomic E-state index is -0.722. The number of hydrogen-bond donors (Lipinski definition) is 1. The van der Waals surface area contributed by atoms with E-state index in [9.17, 15) is 18.8 Å². The predicted octanol–water partition coefficient (Wildman–Crippen LogP) is 2.38. The van der Waals surface area contributed by atoms with E-state index in [0.717, 1.165) is 16.2 Å². The van der Waals surface area contributed by atoms with Crippen molar-refractivity contribution in [1.82, 2.24) is 19.1 Å². The first-order chi connectivity index (χ1) is 14.9. The summed E-state index contributed by atoms with van der Waals surface area (Å²) in [7, 11) is 0. The molecular weight excluding hydrogens is 425 g/mol. The quantitative estimate of drug-likeness (QED) is 0.514. The molecule has 1 aromatic heterocycles. The number of pyridine rings is 2. The first-order valence-electron chi connectivity index (χ1n) is 9.16. The fraction of sp³-hybridized carbons (Fsp3) is 0.0952. The molecule has 0 radical (unpaired) electrons. The zero-order chi connectivity index (χ0) is 22.0. The zero-order valence-electron chi connectivity index (χ0n) is 16.0. The van der Waals surface area contributed by atoms with Crippen molar-refractivity contribution in [1.29, 1.82) is 0 Å². The molecule has 0 fully saturated rings. The lowest BCUT2D eigenvalue weighted by Gasteiger charge is -2.15. The number of rotatable bonds is 5. The molecule has 8 nitrogen and oxygen atoms in total. The summed E-state index contributed by atoms with van der Waals surface area (Å²) in [5.41, 5.74) is 0.0200. The third-order valence-electron chi connectivity index (χ3n) is 4.56. The van der Waals surface area contributed by atoms with Crippen molar-refractivity contribution in [3.63, 3.8) is 0 Å². The highest BCUT2D eigenvalue weighted by Crippen LogP contribution is 2.20. The van der Waals surface area contributed by atoms with Crippen LogP contribution < -0.4 is 16.6 Å². The highest BCUT2D eigenvalue weighted by molar-refractivity contribution is 6.31. The van der Waals surface area contributed by atoms with E-state index in [1.807, 2.05) is 0 Å². The van der Waals surface area contributed by atoms with E-state index in [0.29, 0.717) is 5.69 Å². The van der Waals surface area contributed by atoms with E-state index in [-0.39, 0.29) is 29.5 Å². The number of hydrogen-bond acceptors (Lipinski definition) is 5. The molecule has 1 amide bonds. The number of nitrogens with one attached hydrogen (secondary N) is 1. The molecule has 0 unspecified atom stereocenters. The second kappa shape index (κ2) is 8.49. The lowest BCUT2D eigenvalue weighted by atomic mass is 10.2. The smallest absolute Gasteiger partial charge is 0.324 e. The second-order valence-electron chi connectivity index (χ2n) is 6.69. The van der Waals surface area contributed by atoms with Crippen molar-refractivity contribution in [2.45, 2.75) is 13.1 Å². The van der Waals surface area contributed by atoms with Crippen molar-refractivity contribution >= 4 is 23.2 Å². The van der Waals surface area contributed by atoms with Crippen LogP contribution >= 0.6 is 11.6 Å². The maximum Gasteiger partial charge on any atom is 0.352 e. The van der Waals surface area contributed by atoms with Gasteiger partial charge in [0, 0.05) is 24.3 Å². The van der Waals surface area contributed by atoms with Gasteiger partial charge >= 0.3 is 5.69 Å². The van der Waals surface area contributed by atoms with Crippen LogP contribution in [0.15, 0.2) is 70.6 Å². The van der Waals surface area contributed by atoms with Gasteiger partial charge in [-0.1, -0.05) is 11.6 Å². The minimum Gasteiger partial charge on any atom is -0.324 e. The summed E-state index contributed by atoms with van der Waals surface area (Å²) < 4.78 is 15.7. The number of carbonyl (C=O) groups is 1. The van der Waals surface area contributed by atoms with Crippen LogP contribution in [0, 0.1) is 5.82 Å². The van der Waals surface area contributed by atoms with Crippen molar-refractivity contribution < 1.29 is 9.18 Å². The predicted molar refractivity (Wildman–Crippen MR) is 113 cm³/mol. The fourth-order valence-electron chi connectivity index (χ4n) is 3.08. The number of aromatic nitrogens is 4. The van der Waals surface area contributed by atoms with Gasteiger partial charge in [-0.05, 0) is 48.0 Å². The Morgan fingerprint density at radius 1 is 1.13 bits per heavy atom. The summed E-state index contributed by atoms with van der Waals surface area (Å²) in [4.78, 5) is 45.8. The van der Waals surface area contributed by atoms with E-state index in [1.165, 1.54) is 16.7 Å². The van der Waals surface area contributed by atoms with E-state index in [2.05, 4.69) is 15.3 Å². The summed E-state index contributed by atoms with van der Waals surface area (Å²) in [5, 5.41) is 2.47. The molecule has 0 aliphatic carbocycles. The van der Waals surface area contributed by atoms with Crippen LogP contribution in [0.5, 0.6) is 0 Å². The zero-order valence-corrected chi connectivity index (χ0v) is 16.7. The van der Waals surface area contributed by atoms with Gasteiger partial charge < -0.3 is 9.88 Å². The normalized spacial score (nSPS) is 10.9. The lowest BCUT2D eigenvalue weighted by molar-refractivity contribution is -0.116. The topological polar surface area (TPSA) is 98.9 Å². The molecule has 156 valence electrons. The average Bonchev–Trinajstić information content (AvgIpc) is 2.75. The summed E-state index contributed by atoms with van der Waals surface area (Å²) in [6.07, 6.45) is 4.68. The minimum absolute atomic E-state index is 0.0594. The van der Waals surface area contributed by atoms with Gasteiger partial charge in [0.25, 0.3) is 5.56 Å². The first-order valence-corrected chi connectivity index (χ1v) is 9.54. The Hall–Kier alpha value is -3.85. The third-order valence-corrected chi connectivity index (χ3v) is 4.85. The van der Waals surface area contributed by atoms with Gasteiger partial charge in [-0.15, -0.1) is 0 Å². The molecule has 0 spiro atoms. The molecular formula is C21H15ClFN5O3. The Kier molecular flexibility index (Phi) is 5.59. The highest BCUT2D eigenvalue weighted by atomic mass is 35.5. The molecule has 2 aliphatic rings. The van der Waals surface area contributed by atoms with Gasteiger partial charge in [-0.3, -0.25) is 19.1 Å². The molecule has 2 aliphatic heterocycles. The van der Waals surface area contributed by atoms with Crippen LogP contribution in [-0.2, 0) is 17.9 Å². The molecule has 1 N–H and O–H groups in total. The molecule has 0 saturated carbocycles. The van der Waals surface area contributed by atoms with Crippen molar-refractivity contribution in [2.75, 3.05) is 5.32 Å². The number of benzene rings is 1. The molecule has 1 aromatic carbocycles. The number of fused-ring (bicyclic) bond motifs is 1. The lowest BCUT2D eigenvalue weighted by Crippen LogP contribution is -2.38. The third kappa shape index (κ3) is 4.36. The second-order valence-corrected chi connectivity index (χ2v) is 7.10. The summed E-state index contributed by atoms with van der Waals surface area (Å²) in [6, 6.07) is 10.3. The number of anilines is 1. The average molecular weight is 440 g/mol. The Morgan fingerprint density at radius 3 is 2.65 bits per heavy atom. The summed E-state index contributed by atoms with van der Waals surface area (Å²) >= 11 is 5.73. The van der Waals surface area contributed by atoms with E-state index < -0.39 is 23.0 Å². The van der Waals surface area contributed by atoms with E-state index in [4.69, 9.17) is 11.6 Å². The van der Waals surface area contributed by atoms with Gasteiger partial charge in [-0.25, -0.2) is 9.18 Å². The summed E-state index contributed by atoms with van der Waals surface area (Å²) in [5.74, 6) is -0.968. The van der Waals surface area contributed by atoms with Gasteiger partial charge in [0.05, 0.1) is 17.1 Å². The fourth-order valence-corrected chi connectivity index (χ4v) is 3.27. The molecule has 0 bridgehead atoms. The Balaban J connectivity index is 1.63. The van der Waals surface area contributed by atoms with Crippen LogP contribution in [-0.4, -0.2) is 25.0 Å². The first kappa shape index (κ1) is 20.4. The van der Waals surface area contributed by atoms with Gasteiger partial charge in [-0.2, -0.15) is 4.98 Å². The SMILES string of the molecule is O=C(Cn1cccc2c(=O)n(Cc3ccncc3)c(=O)nc1-2)Nc1ccc(F)c(Cl)c1. The van der Waals surface area contributed by atoms with Crippen molar-refractivity contribution in [3.8, 4) is 11.4 Å². The van der Waals surface area contributed by atoms with Crippen LogP contribution in [0.25, 0.3) is 11.4 Å². The van der Waals surface area contributed by atoms with Crippen molar-refractivity contribution in [3.05, 3.63) is 98.3 Å². The standard InChI is InChI=1S/C21H15ClFN5O3/c22-16-10-14(3-4-17(16)23)25-18(29)12-27-9-1-2-15-19(27)26-21(31)28(20(15)30)11-13-5-7-24-8-6-13/h1-10H,11-12H2,(H,25,29). The summed E-state index contributed by atoms with van der Waals surface area (Å²) in [6.45, 7) is -0.156. The van der Waals surface area contributed by atoms with Crippen LogP contribution in [0.2, 0.25) is 5.02 Å². The number of amides is 1. The van der Waals surface area contributed by atoms with Gasteiger partial charge in [0.1, 0.15) is 12.4 Å². The maximum atomic E-state index is 13.3. The number of halogens is 2. The molecule has 0 saturated heterocycles. The van der Waals surface area contributed by atoms with Gasteiger partial charge in [0.15, 0.2) is 5.82 Å². The van der Waals surface area contributed by atoms with E-state index in [1.54, 1.807) is 42.9 Å². The van der Waals surface area contributed by atoms with Crippen LogP contribution in [0.1, 0.15) is 5.56 Å². The largest absolute Gasteiger partial charge is 0.352 e. The Labute approximate surface area is 179 Å². The molecule has 0 atom stereocenters. The number of carbonyl (C=O) groups excluding carboxylic acids is 1. The molecule has 2 aromatic rings. The molecule has 4 rings (SSSR count). The monoisotopic (exact) mass is 439 g/mol. The molecule has 31 heavy (non-hydrogen) atoms. The Morgan fingerprint density at radius 2 is 1.90 bits per heavy atom.